The first-order valence-electron chi connectivity index (χ1n) is 2.85. The fraction of sp³-hybridized carbons (Fsp3) is 0.143. The molecule has 3 heteroatoms. The van der Waals surface area contributed by atoms with Gasteiger partial charge in [-0.15, -0.1) is 0 Å². The van der Waals surface area contributed by atoms with Crippen molar-refractivity contribution in [3.05, 3.63) is 35.6 Å². The Kier molecular flexibility index (Phi) is 2.40. The second kappa shape index (κ2) is 3.12. The molecule has 10 heavy (non-hydrogen) atoms. The molecule has 0 spiro atoms. The third kappa shape index (κ3) is 1.78. The molecule has 1 atom stereocenters. The molecule has 0 saturated carbocycles. The van der Waals surface area contributed by atoms with E-state index in [0.717, 1.165) is 5.56 Å². The molecule has 1 unspecified atom stereocenters. The normalized spacial score (nSPS) is 13.1. The van der Waals surface area contributed by atoms with E-state index in [1.807, 2.05) is 0 Å². The Morgan fingerprint density at radius 2 is 1.80 bits per heavy atom. The van der Waals surface area contributed by atoms with Gasteiger partial charge in [0.05, 0.1) is 4.95 Å². The van der Waals surface area contributed by atoms with Gasteiger partial charge in [-0.2, -0.15) is 0 Å². The van der Waals surface area contributed by atoms with E-state index in [0.29, 0.717) is 0 Å². The monoisotopic (exact) mass is 203 g/mol. The summed E-state index contributed by atoms with van der Waals surface area (Å²) in [5, 5.41) is 0. The minimum absolute atomic E-state index is 0.201. The van der Waals surface area contributed by atoms with Gasteiger partial charge in [0.25, 0.3) is 0 Å². The van der Waals surface area contributed by atoms with E-state index < -0.39 is 0 Å². The van der Waals surface area contributed by atoms with Gasteiger partial charge < -0.3 is 5.73 Å². The Hall–Kier alpha value is -0.410. The van der Waals surface area contributed by atoms with Gasteiger partial charge in [-0.3, -0.25) is 0 Å². The van der Waals surface area contributed by atoms with E-state index in [9.17, 15) is 4.39 Å². The minimum atomic E-state index is -0.239. The topological polar surface area (TPSA) is 26.0 Å². The summed E-state index contributed by atoms with van der Waals surface area (Å²) in [4.78, 5) is -0.201. The molecule has 54 valence electrons. The summed E-state index contributed by atoms with van der Waals surface area (Å²) in [7, 11) is 0. The second-order valence-corrected chi connectivity index (χ2v) is 2.94. The molecule has 0 amide bonds. The fourth-order valence-electron chi connectivity index (χ4n) is 0.647. The molecule has 0 aromatic heterocycles. The molecule has 0 aliphatic carbocycles. The highest BCUT2D eigenvalue weighted by atomic mass is 79.9. The highest BCUT2D eigenvalue weighted by molar-refractivity contribution is 9.09. The van der Waals surface area contributed by atoms with Crippen molar-refractivity contribution in [2.75, 3.05) is 0 Å². The molecule has 1 aromatic carbocycles. The van der Waals surface area contributed by atoms with Crippen LogP contribution in [0, 0.1) is 5.82 Å². The zero-order valence-electron chi connectivity index (χ0n) is 5.22. The highest BCUT2D eigenvalue weighted by Crippen LogP contribution is 2.15. The number of hydrogen-bond donors (Lipinski definition) is 1. The molecule has 1 rings (SSSR count). The Morgan fingerprint density at radius 3 is 2.20 bits per heavy atom. The van der Waals surface area contributed by atoms with Crippen LogP contribution in [0.15, 0.2) is 24.3 Å². The predicted molar refractivity (Wildman–Crippen MR) is 42.3 cm³/mol. The van der Waals surface area contributed by atoms with E-state index in [4.69, 9.17) is 5.73 Å². The van der Waals surface area contributed by atoms with Gasteiger partial charge in [0.1, 0.15) is 5.82 Å². The van der Waals surface area contributed by atoms with Crippen LogP contribution in [0.1, 0.15) is 10.5 Å². The maximum atomic E-state index is 12.3. The van der Waals surface area contributed by atoms with Crippen LogP contribution in [-0.2, 0) is 0 Å². The van der Waals surface area contributed by atoms with Gasteiger partial charge in [-0.1, -0.05) is 28.1 Å². The van der Waals surface area contributed by atoms with Crippen LogP contribution in [0.25, 0.3) is 0 Å². The molecule has 1 nitrogen and oxygen atoms in total. The molecule has 0 fully saturated rings. The van der Waals surface area contributed by atoms with Crippen molar-refractivity contribution in [1.29, 1.82) is 0 Å². The first kappa shape index (κ1) is 7.69. The standard InChI is InChI=1S/C7H7BrFN/c8-7(10)5-1-3-6(9)4-2-5/h1-4,7H,10H2. The van der Waals surface area contributed by atoms with Crippen molar-refractivity contribution in [3.63, 3.8) is 0 Å². The van der Waals surface area contributed by atoms with E-state index in [1.54, 1.807) is 12.1 Å². The summed E-state index contributed by atoms with van der Waals surface area (Å²) in [5.41, 5.74) is 6.33. The Bertz CT molecular complexity index is 207. The SMILES string of the molecule is NC(Br)c1ccc(F)cc1. The van der Waals surface area contributed by atoms with E-state index in [1.165, 1.54) is 12.1 Å². The van der Waals surface area contributed by atoms with Crippen LogP contribution < -0.4 is 5.73 Å². The molecule has 1 aromatic rings. The number of hydrogen-bond acceptors (Lipinski definition) is 1. The molecular weight excluding hydrogens is 197 g/mol. The molecule has 0 radical (unpaired) electrons. The average Bonchev–Trinajstić information content (AvgIpc) is 1.88. The van der Waals surface area contributed by atoms with Crippen molar-refractivity contribution >= 4 is 15.9 Å². The zero-order chi connectivity index (χ0) is 7.56. The largest absolute Gasteiger partial charge is 0.315 e. The van der Waals surface area contributed by atoms with Gasteiger partial charge in [-0.25, -0.2) is 4.39 Å². The molecule has 0 heterocycles. The third-order valence-electron chi connectivity index (χ3n) is 1.19. The Morgan fingerprint density at radius 1 is 1.30 bits per heavy atom. The smallest absolute Gasteiger partial charge is 0.123 e. The maximum absolute atomic E-state index is 12.3. The van der Waals surface area contributed by atoms with Gasteiger partial charge in [0.15, 0.2) is 0 Å². The Balaban J connectivity index is 2.89. The van der Waals surface area contributed by atoms with E-state index in [-0.39, 0.29) is 10.8 Å². The van der Waals surface area contributed by atoms with Gasteiger partial charge in [0, 0.05) is 0 Å². The number of nitrogens with two attached hydrogens (primary N) is 1. The molecule has 2 N–H and O–H groups in total. The molecule has 0 aliphatic heterocycles. The van der Waals surface area contributed by atoms with Crippen molar-refractivity contribution in [1.82, 2.24) is 0 Å². The zero-order valence-corrected chi connectivity index (χ0v) is 6.81. The number of halogens is 2. The van der Waals surface area contributed by atoms with Crippen molar-refractivity contribution in [2.24, 2.45) is 5.73 Å². The lowest BCUT2D eigenvalue weighted by atomic mass is 10.2. The van der Waals surface area contributed by atoms with Crippen LogP contribution in [-0.4, -0.2) is 0 Å². The summed E-state index contributed by atoms with van der Waals surface area (Å²) < 4.78 is 12.3. The van der Waals surface area contributed by atoms with E-state index >= 15 is 0 Å². The average molecular weight is 204 g/mol. The van der Waals surface area contributed by atoms with Crippen LogP contribution >= 0.6 is 15.9 Å². The van der Waals surface area contributed by atoms with Crippen LogP contribution in [0.4, 0.5) is 4.39 Å². The molecule has 0 bridgehead atoms. The second-order valence-electron chi connectivity index (χ2n) is 1.95. The predicted octanol–water partition coefficient (Wildman–Crippen LogP) is 2.18. The number of benzene rings is 1. The molecule has 0 saturated heterocycles. The summed E-state index contributed by atoms with van der Waals surface area (Å²) in [6, 6.07) is 6.07. The van der Waals surface area contributed by atoms with Crippen LogP contribution in [0.2, 0.25) is 0 Å². The summed E-state index contributed by atoms with van der Waals surface area (Å²) in [5.74, 6) is -0.239. The first-order valence-corrected chi connectivity index (χ1v) is 3.77. The number of alkyl halides is 1. The highest BCUT2D eigenvalue weighted by Gasteiger charge is 1.98. The lowest BCUT2D eigenvalue weighted by Gasteiger charge is -2.01. The lowest BCUT2D eigenvalue weighted by Crippen LogP contribution is -2.00. The lowest BCUT2D eigenvalue weighted by molar-refractivity contribution is 0.627. The van der Waals surface area contributed by atoms with Crippen molar-refractivity contribution in [2.45, 2.75) is 4.95 Å². The summed E-state index contributed by atoms with van der Waals surface area (Å²) in [6.07, 6.45) is 0. The van der Waals surface area contributed by atoms with E-state index in [2.05, 4.69) is 15.9 Å². The van der Waals surface area contributed by atoms with Crippen molar-refractivity contribution in [3.8, 4) is 0 Å². The van der Waals surface area contributed by atoms with Crippen LogP contribution in [0.3, 0.4) is 0 Å². The molecule has 0 aliphatic rings. The third-order valence-corrected chi connectivity index (χ3v) is 1.72. The fourth-order valence-corrected chi connectivity index (χ4v) is 0.952. The minimum Gasteiger partial charge on any atom is -0.315 e. The summed E-state index contributed by atoms with van der Waals surface area (Å²) >= 11 is 3.16. The maximum Gasteiger partial charge on any atom is 0.123 e. The first-order chi connectivity index (χ1) is 4.70. The number of rotatable bonds is 1. The van der Waals surface area contributed by atoms with Gasteiger partial charge in [0.2, 0.25) is 0 Å². The Labute approximate surface area is 67.2 Å². The van der Waals surface area contributed by atoms with Gasteiger partial charge in [-0.05, 0) is 17.7 Å². The van der Waals surface area contributed by atoms with Gasteiger partial charge >= 0.3 is 0 Å². The quantitative estimate of drug-likeness (QED) is 0.550. The summed E-state index contributed by atoms with van der Waals surface area (Å²) in [6.45, 7) is 0. The molecular formula is C7H7BrFN. The van der Waals surface area contributed by atoms with Crippen LogP contribution in [0.5, 0.6) is 0 Å². The van der Waals surface area contributed by atoms with Crippen molar-refractivity contribution < 1.29 is 4.39 Å².